The minimum absolute atomic E-state index is 0.237. The molecule has 3 rings (SSSR count). The average Bonchev–Trinajstić information content (AvgIpc) is 2.63. The van der Waals surface area contributed by atoms with Crippen molar-refractivity contribution in [3.05, 3.63) is 53.7 Å². The zero-order valence-electron chi connectivity index (χ0n) is 14.9. The third-order valence-electron chi connectivity index (χ3n) is 4.00. The summed E-state index contributed by atoms with van der Waals surface area (Å²) in [6.45, 7) is 0. The Bertz CT molecular complexity index is 858. The van der Waals surface area contributed by atoms with E-state index in [1.165, 1.54) is 12.1 Å². The topological polar surface area (TPSA) is 187 Å². The van der Waals surface area contributed by atoms with Crippen molar-refractivity contribution in [1.29, 1.82) is 0 Å². The molecular weight excluding hydrogens is 364 g/mol. The van der Waals surface area contributed by atoms with Gasteiger partial charge in [-0.05, 0) is 42.1 Å². The second-order valence-electron chi connectivity index (χ2n) is 6.25. The summed E-state index contributed by atoms with van der Waals surface area (Å²) in [4.78, 5) is 0. The van der Waals surface area contributed by atoms with Crippen LogP contribution in [0.5, 0.6) is 23.0 Å². The number of ether oxygens (including phenoxy) is 2. The van der Waals surface area contributed by atoms with Crippen LogP contribution in [0.4, 0.5) is 0 Å². The Morgan fingerprint density at radius 3 is 2.36 bits per heavy atom. The van der Waals surface area contributed by atoms with E-state index in [4.69, 9.17) is 32.4 Å². The van der Waals surface area contributed by atoms with Gasteiger partial charge in [0.15, 0.2) is 35.3 Å². The molecule has 10 nitrogen and oxygen atoms in total. The molecular formula is C18H24N6O4. The molecule has 0 saturated carbocycles. The summed E-state index contributed by atoms with van der Waals surface area (Å²) in [7, 11) is 0. The molecule has 0 spiro atoms. The van der Waals surface area contributed by atoms with E-state index in [9.17, 15) is 10.2 Å². The smallest absolute Gasteiger partial charge is 0.194 e. The van der Waals surface area contributed by atoms with Crippen LogP contribution in [-0.2, 0) is 0 Å². The first-order valence-electron chi connectivity index (χ1n) is 8.53. The van der Waals surface area contributed by atoms with Crippen LogP contribution in [0.25, 0.3) is 6.08 Å². The fraction of sp³-hybridized carbons (Fsp3) is 0.222. The van der Waals surface area contributed by atoms with Gasteiger partial charge in [-0.15, -0.1) is 0 Å². The van der Waals surface area contributed by atoms with Crippen LogP contribution in [0.15, 0.2) is 42.6 Å². The van der Waals surface area contributed by atoms with Crippen LogP contribution in [0.1, 0.15) is 17.2 Å². The lowest BCUT2D eigenvalue weighted by Gasteiger charge is -2.35. The third-order valence-corrected chi connectivity index (χ3v) is 4.00. The SMILES string of the molecule is NC(N)N/C=C/c1ccc2c(c1)O[C@@H](c1ccc(O)c(O)c1)[C@H](NC(N)N)O2. The number of hydrogen-bond acceptors (Lipinski definition) is 10. The van der Waals surface area contributed by atoms with Crippen molar-refractivity contribution in [2.45, 2.75) is 24.9 Å². The quantitative estimate of drug-likeness (QED) is 0.236. The largest absolute Gasteiger partial charge is 0.504 e. The van der Waals surface area contributed by atoms with Crippen LogP contribution in [0.2, 0.25) is 0 Å². The van der Waals surface area contributed by atoms with Gasteiger partial charge >= 0.3 is 0 Å². The van der Waals surface area contributed by atoms with Gasteiger partial charge in [-0.2, -0.15) is 0 Å². The van der Waals surface area contributed by atoms with Crippen molar-refractivity contribution in [3.63, 3.8) is 0 Å². The summed E-state index contributed by atoms with van der Waals surface area (Å²) >= 11 is 0. The van der Waals surface area contributed by atoms with E-state index in [2.05, 4.69) is 10.6 Å². The zero-order valence-corrected chi connectivity index (χ0v) is 14.9. The highest BCUT2D eigenvalue weighted by atomic mass is 16.6. The average molecular weight is 388 g/mol. The Morgan fingerprint density at radius 1 is 0.893 bits per heavy atom. The molecule has 0 fully saturated rings. The number of fused-ring (bicyclic) bond motifs is 1. The van der Waals surface area contributed by atoms with E-state index in [1.54, 1.807) is 30.5 Å². The lowest BCUT2D eigenvalue weighted by Crippen LogP contribution is -2.55. The van der Waals surface area contributed by atoms with Crippen LogP contribution in [-0.4, -0.2) is 29.0 Å². The van der Waals surface area contributed by atoms with E-state index in [-0.39, 0.29) is 11.5 Å². The van der Waals surface area contributed by atoms with Crippen LogP contribution in [0, 0.1) is 0 Å². The number of aromatic hydroxyl groups is 2. The monoisotopic (exact) mass is 388 g/mol. The van der Waals surface area contributed by atoms with Gasteiger partial charge in [-0.25, -0.2) is 0 Å². The van der Waals surface area contributed by atoms with Gasteiger partial charge in [0.1, 0.15) is 12.6 Å². The minimum Gasteiger partial charge on any atom is -0.504 e. The van der Waals surface area contributed by atoms with Crippen molar-refractivity contribution in [1.82, 2.24) is 10.6 Å². The number of benzene rings is 2. The molecule has 0 aliphatic carbocycles. The van der Waals surface area contributed by atoms with Gasteiger partial charge < -0.3 is 36.5 Å². The van der Waals surface area contributed by atoms with E-state index in [0.717, 1.165) is 5.56 Å². The highest BCUT2D eigenvalue weighted by molar-refractivity contribution is 5.56. The number of nitrogens with one attached hydrogen (secondary N) is 2. The molecule has 1 heterocycles. The Hall–Kier alpha value is -3.02. The van der Waals surface area contributed by atoms with Crippen molar-refractivity contribution < 1.29 is 19.7 Å². The fourth-order valence-electron chi connectivity index (χ4n) is 2.74. The zero-order chi connectivity index (χ0) is 20.3. The van der Waals surface area contributed by atoms with Gasteiger partial charge in [0, 0.05) is 5.56 Å². The lowest BCUT2D eigenvalue weighted by atomic mass is 10.1. The van der Waals surface area contributed by atoms with Crippen molar-refractivity contribution in [2.75, 3.05) is 0 Å². The molecule has 2 aromatic carbocycles. The summed E-state index contributed by atoms with van der Waals surface area (Å²) in [5.74, 6) is 0.473. The molecule has 2 aromatic rings. The van der Waals surface area contributed by atoms with Gasteiger partial charge in [-0.3, -0.25) is 16.8 Å². The maximum Gasteiger partial charge on any atom is 0.194 e. The molecule has 0 bridgehead atoms. The summed E-state index contributed by atoms with van der Waals surface area (Å²) in [6.07, 6.45) is 0.504. The first kappa shape index (κ1) is 19.7. The second kappa shape index (κ2) is 8.33. The normalized spacial score (nSPS) is 18.8. The Labute approximate surface area is 161 Å². The highest BCUT2D eigenvalue weighted by Gasteiger charge is 2.34. The standard InChI is InChI=1S/C18H24N6O4/c19-17(20)23-6-5-9-1-4-13-14(7-9)27-15(16(28-13)24-18(21)22)10-2-3-11(25)12(26)8-10/h1-8,15-18,23-26H,19-22H2/b6-5+/t15-,16+/m0/s1. The fourth-order valence-corrected chi connectivity index (χ4v) is 2.74. The molecule has 2 atom stereocenters. The van der Waals surface area contributed by atoms with Crippen LogP contribution in [0.3, 0.4) is 0 Å². The first-order valence-corrected chi connectivity index (χ1v) is 8.53. The number of phenols is 2. The molecule has 0 aromatic heterocycles. The summed E-state index contributed by atoms with van der Waals surface area (Å²) in [5, 5.41) is 25.0. The van der Waals surface area contributed by atoms with Gasteiger partial charge in [0.05, 0.1) is 0 Å². The molecule has 0 unspecified atom stereocenters. The van der Waals surface area contributed by atoms with E-state index < -0.39 is 24.9 Å². The third kappa shape index (κ3) is 4.63. The molecule has 150 valence electrons. The minimum atomic E-state index is -0.850. The Balaban J connectivity index is 1.90. The van der Waals surface area contributed by atoms with Crippen molar-refractivity contribution in [2.24, 2.45) is 22.9 Å². The molecule has 1 aliphatic rings. The maximum absolute atomic E-state index is 9.83. The van der Waals surface area contributed by atoms with Crippen LogP contribution >= 0.6 is 0 Å². The molecule has 28 heavy (non-hydrogen) atoms. The van der Waals surface area contributed by atoms with Crippen molar-refractivity contribution >= 4 is 6.08 Å². The van der Waals surface area contributed by atoms with Crippen LogP contribution < -0.4 is 43.0 Å². The number of rotatable bonds is 6. The molecule has 12 N–H and O–H groups in total. The highest BCUT2D eigenvalue weighted by Crippen LogP contribution is 2.41. The molecule has 0 saturated heterocycles. The summed E-state index contributed by atoms with van der Waals surface area (Å²) in [5.41, 5.74) is 23.5. The molecule has 0 radical (unpaired) electrons. The second-order valence-corrected chi connectivity index (χ2v) is 6.25. The summed E-state index contributed by atoms with van der Waals surface area (Å²) in [6, 6.07) is 9.72. The van der Waals surface area contributed by atoms with E-state index in [0.29, 0.717) is 17.1 Å². The summed E-state index contributed by atoms with van der Waals surface area (Å²) < 4.78 is 12.1. The molecule has 10 heteroatoms. The van der Waals surface area contributed by atoms with Gasteiger partial charge in [0.25, 0.3) is 0 Å². The number of hydrogen-bond donors (Lipinski definition) is 8. The number of phenolic OH excluding ortho intramolecular Hbond substituents is 2. The van der Waals surface area contributed by atoms with E-state index in [1.807, 2.05) is 6.07 Å². The van der Waals surface area contributed by atoms with E-state index >= 15 is 0 Å². The predicted octanol–water partition coefficient (Wildman–Crippen LogP) is -0.512. The van der Waals surface area contributed by atoms with Gasteiger partial charge in [0.2, 0.25) is 0 Å². The predicted molar refractivity (Wildman–Crippen MR) is 104 cm³/mol. The van der Waals surface area contributed by atoms with Gasteiger partial charge in [-0.1, -0.05) is 12.1 Å². The Kier molecular flexibility index (Phi) is 5.87. The lowest BCUT2D eigenvalue weighted by molar-refractivity contribution is -0.00678. The molecule has 0 amide bonds. The number of nitrogens with two attached hydrogens (primary N) is 4. The van der Waals surface area contributed by atoms with Crippen molar-refractivity contribution in [3.8, 4) is 23.0 Å². The maximum atomic E-state index is 9.83. The molecule has 1 aliphatic heterocycles. The Morgan fingerprint density at radius 2 is 1.68 bits per heavy atom. The first-order chi connectivity index (χ1) is 13.3.